The minimum absolute atomic E-state index is 0.179. The molecule has 1 amide bonds. The monoisotopic (exact) mass is 335 g/mol. The average molecular weight is 335 g/mol. The number of aryl methyl sites for hydroxylation is 1. The SMILES string of the molecule is Cc1ccc(CNC(=O)c2ccc(Nc3ccc(F)cc3)nc2)cc1. The minimum atomic E-state index is -0.292. The number of nitrogens with one attached hydrogen (secondary N) is 2. The number of amides is 1. The summed E-state index contributed by atoms with van der Waals surface area (Å²) in [5.41, 5.74) is 3.44. The Bertz CT molecular complexity index is 844. The van der Waals surface area contributed by atoms with Crippen LogP contribution >= 0.6 is 0 Å². The topological polar surface area (TPSA) is 54.0 Å². The molecule has 126 valence electrons. The fourth-order valence-corrected chi connectivity index (χ4v) is 2.27. The number of anilines is 2. The molecule has 3 aromatic rings. The maximum atomic E-state index is 12.9. The second-order valence-corrected chi connectivity index (χ2v) is 5.73. The summed E-state index contributed by atoms with van der Waals surface area (Å²) in [6, 6.07) is 17.4. The Hall–Kier alpha value is -3.21. The third kappa shape index (κ3) is 4.64. The van der Waals surface area contributed by atoms with E-state index in [0.29, 0.717) is 17.9 Å². The van der Waals surface area contributed by atoms with Crippen LogP contribution in [0.5, 0.6) is 0 Å². The van der Waals surface area contributed by atoms with Crippen LogP contribution in [-0.4, -0.2) is 10.9 Å². The van der Waals surface area contributed by atoms with E-state index in [2.05, 4.69) is 15.6 Å². The highest BCUT2D eigenvalue weighted by Gasteiger charge is 2.06. The fraction of sp³-hybridized carbons (Fsp3) is 0.100. The van der Waals surface area contributed by atoms with Gasteiger partial charge in [0.15, 0.2) is 0 Å². The van der Waals surface area contributed by atoms with E-state index in [-0.39, 0.29) is 11.7 Å². The molecule has 3 rings (SSSR count). The van der Waals surface area contributed by atoms with Crippen molar-refractivity contribution >= 4 is 17.4 Å². The first-order valence-electron chi connectivity index (χ1n) is 7.92. The lowest BCUT2D eigenvalue weighted by molar-refractivity contribution is 0.0950. The molecule has 0 saturated heterocycles. The molecule has 0 aliphatic heterocycles. The third-order valence-electron chi connectivity index (χ3n) is 3.72. The summed E-state index contributed by atoms with van der Waals surface area (Å²) in [6.45, 7) is 2.49. The predicted molar refractivity (Wildman–Crippen MR) is 96.3 cm³/mol. The van der Waals surface area contributed by atoms with E-state index in [1.807, 2.05) is 31.2 Å². The van der Waals surface area contributed by atoms with Crippen LogP contribution in [0, 0.1) is 12.7 Å². The van der Waals surface area contributed by atoms with Gasteiger partial charge >= 0.3 is 0 Å². The maximum Gasteiger partial charge on any atom is 0.253 e. The average Bonchev–Trinajstić information content (AvgIpc) is 2.63. The Labute approximate surface area is 145 Å². The lowest BCUT2D eigenvalue weighted by Crippen LogP contribution is -2.22. The molecule has 5 heteroatoms. The van der Waals surface area contributed by atoms with Gasteiger partial charge in [-0.25, -0.2) is 9.37 Å². The number of halogens is 1. The van der Waals surface area contributed by atoms with Gasteiger partial charge in [0.2, 0.25) is 0 Å². The van der Waals surface area contributed by atoms with Crippen molar-refractivity contribution in [1.29, 1.82) is 0 Å². The largest absolute Gasteiger partial charge is 0.348 e. The van der Waals surface area contributed by atoms with Gasteiger partial charge in [0.25, 0.3) is 5.91 Å². The van der Waals surface area contributed by atoms with Crippen LogP contribution in [0.3, 0.4) is 0 Å². The predicted octanol–water partition coefficient (Wildman–Crippen LogP) is 4.20. The number of hydrogen-bond acceptors (Lipinski definition) is 3. The number of nitrogens with zero attached hydrogens (tertiary/aromatic N) is 1. The fourth-order valence-electron chi connectivity index (χ4n) is 2.27. The van der Waals surface area contributed by atoms with Gasteiger partial charge in [-0.1, -0.05) is 29.8 Å². The molecule has 1 aromatic heterocycles. The molecule has 0 radical (unpaired) electrons. The first-order valence-corrected chi connectivity index (χ1v) is 7.92. The Morgan fingerprint density at radius 1 is 1.00 bits per heavy atom. The van der Waals surface area contributed by atoms with E-state index in [0.717, 1.165) is 11.3 Å². The number of pyridine rings is 1. The van der Waals surface area contributed by atoms with Crippen molar-refractivity contribution in [3.05, 3.63) is 89.4 Å². The quantitative estimate of drug-likeness (QED) is 0.735. The first-order chi connectivity index (χ1) is 12.1. The number of aromatic nitrogens is 1. The molecule has 0 spiro atoms. The second kappa shape index (κ2) is 7.57. The number of hydrogen-bond donors (Lipinski definition) is 2. The minimum Gasteiger partial charge on any atom is -0.348 e. The van der Waals surface area contributed by atoms with Crippen molar-refractivity contribution in [2.24, 2.45) is 0 Å². The van der Waals surface area contributed by atoms with Gasteiger partial charge in [-0.2, -0.15) is 0 Å². The van der Waals surface area contributed by atoms with Crippen molar-refractivity contribution in [3.63, 3.8) is 0 Å². The normalized spacial score (nSPS) is 10.3. The van der Waals surface area contributed by atoms with Crippen LogP contribution in [0.1, 0.15) is 21.5 Å². The van der Waals surface area contributed by atoms with Crippen LogP contribution in [0.15, 0.2) is 66.9 Å². The molecule has 2 N–H and O–H groups in total. The number of rotatable bonds is 5. The van der Waals surface area contributed by atoms with Crippen LogP contribution < -0.4 is 10.6 Å². The Balaban J connectivity index is 1.58. The number of benzene rings is 2. The number of carbonyl (C=O) groups excluding carboxylic acids is 1. The molecule has 4 nitrogen and oxygen atoms in total. The zero-order valence-electron chi connectivity index (χ0n) is 13.8. The van der Waals surface area contributed by atoms with Crippen LogP contribution in [0.25, 0.3) is 0 Å². The van der Waals surface area contributed by atoms with E-state index in [1.165, 1.54) is 23.9 Å². The van der Waals surface area contributed by atoms with Crippen LogP contribution in [-0.2, 0) is 6.54 Å². The Morgan fingerprint density at radius 2 is 1.72 bits per heavy atom. The third-order valence-corrected chi connectivity index (χ3v) is 3.72. The van der Waals surface area contributed by atoms with Gasteiger partial charge in [-0.05, 0) is 48.9 Å². The zero-order valence-corrected chi connectivity index (χ0v) is 13.8. The molecular weight excluding hydrogens is 317 g/mol. The summed E-state index contributed by atoms with van der Waals surface area (Å²) < 4.78 is 12.9. The van der Waals surface area contributed by atoms with Crippen molar-refractivity contribution in [2.75, 3.05) is 5.32 Å². The van der Waals surface area contributed by atoms with Crippen molar-refractivity contribution in [1.82, 2.24) is 10.3 Å². The summed E-state index contributed by atoms with van der Waals surface area (Å²) in [6.07, 6.45) is 1.51. The van der Waals surface area contributed by atoms with Gasteiger partial charge < -0.3 is 10.6 Å². The summed E-state index contributed by atoms with van der Waals surface area (Å²) in [7, 11) is 0. The molecular formula is C20H18FN3O. The lowest BCUT2D eigenvalue weighted by Gasteiger charge is -2.08. The van der Waals surface area contributed by atoms with Gasteiger partial charge in [-0.3, -0.25) is 4.79 Å². The van der Waals surface area contributed by atoms with Crippen molar-refractivity contribution in [2.45, 2.75) is 13.5 Å². The van der Waals surface area contributed by atoms with Crippen molar-refractivity contribution < 1.29 is 9.18 Å². The van der Waals surface area contributed by atoms with Crippen molar-refractivity contribution in [3.8, 4) is 0 Å². The van der Waals surface area contributed by atoms with E-state index < -0.39 is 0 Å². The Kier molecular flexibility index (Phi) is 5.04. The van der Waals surface area contributed by atoms with Crippen LogP contribution in [0.2, 0.25) is 0 Å². The van der Waals surface area contributed by atoms with Gasteiger partial charge in [0.05, 0.1) is 5.56 Å². The van der Waals surface area contributed by atoms with E-state index in [4.69, 9.17) is 0 Å². The van der Waals surface area contributed by atoms with E-state index >= 15 is 0 Å². The standard InChI is InChI=1S/C20H18FN3O/c1-14-2-4-15(5-3-14)12-23-20(25)16-6-11-19(22-13-16)24-18-9-7-17(21)8-10-18/h2-11,13H,12H2,1H3,(H,22,24)(H,23,25). The molecule has 0 aliphatic rings. The van der Waals surface area contributed by atoms with E-state index in [1.54, 1.807) is 24.3 Å². The molecule has 0 bridgehead atoms. The molecule has 2 aromatic carbocycles. The molecule has 0 fully saturated rings. The Morgan fingerprint density at radius 3 is 2.36 bits per heavy atom. The van der Waals surface area contributed by atoms with Gasteiger partial charge in [-0.15, -0.1) is 0 Å². The second-order valence-electron chi connectivity index (χ2n) is 5.73. The van der Waals surface area contributed by atoms with Gasteiger partial charge in [0.1, 0.15) is 11.6 Å². The molecule has 0 aliphatic carbocycles. The maximum absolute atomic E-state index is 12.9. The number of carbonyl (C=O) groups is 1. The lowest BCUT2D eigenvalue weighted by atomic mass is 10.1. The zero-order chi connectivity index (χ0) is 17.6. The van der Waals surface area contributed by atoms with Gasteiger partial charge in [0, 0.05) is 18.4 Å². The summed E-state index contributed by atoms with van der Waals surface area (Å²) >= 11 is 0. The highest BCUT2D eigenvalue weighted by atomic mass is 19.1. The molecule has 0 saturated carbocycles. The summed E-state index contributed by atoms with van der Waals surface area (Å²) in [5.74, 6) is 0.113. The smallest absolute Gasteiger partial charge is 0.253 e. The molecule has 0 atom stereocenters. The molecule has 25 heavy (non-hydrogen) atoms. The highest BCUT2D eigenvalue weighted by Crippen LogP contribution is 2.15. The molecule has 0 unspecified atom stereocenters. The van der Waals surface area contributed by atoms with Crippen LogP contribution in [0.4, 0.5) is 15.9 Å². The molecule has 1 heterocycles. The van der Waals surface area contributed by atoms with E-state index in [9.17, 15) is 9.18 Å². The summed E-state index contributed by atoms with van der Waals surface area (Å²) in [5, 5.41) is 5.92. The summed E-state index contributed by atoms with van der Waals surface area (Å²) in [4.78, 5) is 16.4. The first kappa shape index (κ1) is 16.6. The highest BCUT2D eigenvalue weighted by molar-refractivity contribution is 5.94.